The van der Waals surface area contributed by atoms with E-state index in [0.29, 0.717) is 10.4 Å². The second kappa shape index (κ2) is 7.07. The number of hydrogen-bond donors (Lipinski definition) is 1. The van der Waals surface area contributed by atoms with Crippen LogP contribution in [0.1, 0.15) is 19.8 Å². The number of aliphatic hydroxyl groups excluding tert-OH is 1. The van der Waals surface area contributed by atoms with Crippen molar-refractivity contribution in [2.75, 3.05) is 18.8 Å². The van der Waals surface area contributed by atoms with E-state index >= 15 is 0 Å². The molecule has 19 heavy (non-hydrogen) atoms. The second-order valence-corrected chi connectivity index (χ2v) is 6.95. The van der Waals surface area contributed by atoms with Crippen molar-refractivity contribution < 1.29 is 9.50 Å². The zero-order chi connectivity index (χ0) is 13.8. The Kier molecular flexibility index (Phi) is 5.69. The maximum Gasteiger partial charge on any atom is 0.138 e. The summed E-state index contributed by atoms with van der Waals surface area (Å²) in [6.07, 6.45) is 1.88. The minimum absolute atomic E-state index is 0.200. The van der Waals surface area contributed by atoms with Crippen LogP contribution in [0.5, 0.6) is 0 Å². The molecule has 0 saturated carbocycles. The third kappa shape index (κ3) is 4.45. The molecule has 5 heteroatoms. The summed E-state index contributed by atoms with van der Waals surface area (Å²) < 4.78 is 13.9. The summed E-state index contributed by atoms with van der Waals surface area (Å²) in [4.78, 5) is 3.08. The Balaban J connectivity index is 1.79. The molecule has 1 aliphatic rings. The van der Waals surface area contributed by atoms with E-state index in [9.17, 15) is 9.50 Å². The van der Waals surface area contributed by atoms with Crippen LogP contribution in [-0.2, 0) is 0 Å². The van der Waals surface area contributed by atoms with Gasteiger partial charge in [-0.05, 0) is 59.8 Å². The second-order valence-electron chi connectivity index (χ2n) is 5.00. The van der Waals surface area contributed by atoms with Gasteiger partial charge >= 0.3 is 0 Å². The van der Waals surface area contributed by atoms with Crippen molar-refractivity contribution in [1.29, 1.82) is 0 Å². The molecule has 1 aromatic rings. The molecular weight excluding hydrogens is 329 g/mol. The average molecular weight is 348 g/mol. The van der Waals surface area contributed by atoms with Gasteiger partial charge in [0.05, 0.1) is 4.47 Å². The van der Waals surface area contributed by atoms with Crippen LogP contribution in [0, 0.1) is 11.7 Å². The minimum atomic E-state index is -0.339. The van der Waals surface area contributed by atoms with Crippen LogP contribution in [0.2, 0.25) is 0 Å². The van der Waals surface area contributed by atoms with Gasteiger partial charge in [-0.2, -0.15) is 0 Å². The maximum absolute atomic E-state index is 13.4. The molecule has 1 atom stereocenters. The fraction of sp³-hybridized carbons (Fsp3) is 0.571. The number of benzene rings is 1. The van der Waals surface area contributed by atoms with Gasteiger partial charge in [0.1, 0.15) is 12.0 Å². The van der Waals surface area contributed by atoms with E-state index in [4.69, 9.17) is 0 Å². The predicted molar refractivity (Wildman–Crippen MR) is 80.8 cm³/mol. The molecule has 1 unspecified atom stereocenters. The first kappa shape index (κ1) is 15.3. The van der Waals surface area contributed by atoms with E-state index in [1.54, 1.807) is 23.9 Å². The number of aliphatic hydroxyl groups is 1. The van der Waals surface area contributed by atoms with Crippen molar-refractivity contribution in [3.05, 3.63) is 28.5 Å². The highest BCUT2D eigenvalue weighted by molar-refractivity contribution is 9.10. The molecule has 1 heterocycles. The minimum Gasteiger partial charge on any atom is -0.379 e. The predicted octanol–water partition coefficient (Wildman–Crippen LogP) is 3.73. The van der Waals surface area contributed by atoms with E-state index in [0.717, 1.165) is 36.6 Å². The van der Waals surface area contributed by atoms with Crippen molar-refractivity contribution in [3.8, 4) is 0 Å². The summed E-state index contributed by atoms with van der Waals surface area (Å²) in [6.45, 7) is 3.73. The van der Waals surface area contributed by atoms with Gasteiger partial charge in [-0.25, -0.2) is 4.39 Å². The van der Waals surface area contributed by atoms with Crippen LogP contribution in [0.25, 0.3) is 0 Å². The highest BCUT2D eigenvalue weighted by atomic mass is 79.9. The number of nitrogens with zero attached hydrogens (tertiary/aromatic N) is 1. The number of likely N-dealkylation sites (tertiary alicyclic amines) is 1. The first-order chi connectivity index (χ1) is 9.06. The maximum atomic E-state index is 13.4. The van der Waals surface area contributed by atoms with Crippen molar-refractivity contribution in [2.24, 2.45) is 5.92 Å². The van der Waals surface area contributed by atoms with Gasteiger partial charge in [0.2, 0.25) is 0 Å². The third-order valence-electron chi connectivity index (χ3n) is 3.55. The van der Waals surface area contributed by atoms with Crippen molar-refractivity contribution in [2.45, 2.75) is 30.9 Å². The molecule has 106 valence electrons. The molecule has 0 aromatic heterocycles. The van der Waals surface area contributed by atoms with Gasteiger partial charge in [0.25, 0.3) is 0 Å². The molecule has 0 radical (unpaired) electrons. The van der Waals surface area contributed by atoms with Gasteiger partial charge < -0.3 is 5.11 Å². The Morgan fingerprint density at radius 1 is 1.47 bits per heavy atom. The Morgan fingerprint density at radius 2 is 2.16 bits per heavy atom. The smallest absolute Gasteiger partial charge is 0.138 e. The highest BCUT2D eigenvalue weighted by Crippen LogP contribution is 2.29. The molecule has 1 aliphatic heterocycles. The quantitative estimate of drug-likeness (QED) is 0.839. The molecule has 1 aromatic carbocycles. The lowest BCUT2D eigenvalue weighted by Gasteiger charge is -2.33. The average Bonchev–Trinajstić information content (AvgIpc) is 2.40. The van der Waals surface area contributed by atoms with Gasteiger partial charge in [-0.15, -0.1) is 11.8 Å². The summed E-state index contributed by atoms with van der Waals surface area (Å²) in [5, 5.41) is 9.50. The summed E-state index contributed by atoms with van der Waals surface area (Å²) in [7, 11) is 0. The van der Waals surface area contributed by atoms with Crippen molar-refractivity contribution >= 4 is 27.7 Å². The number of halogens is 2. The lowest BCUT2D eigenvalue weighted by atomic mass is 9.99. The molecule has 1 fully saturated rings. The zero-order valence-corrected chi connectivity index (χ0v) is 13.4. The van der Waals surface area contributed by atoms with E-state index in [1.165, 1.54) is 0 Å². The van der Waals surface area contributed by atoms with Crippen LogP contribution in [-0.4, -0.2) is 35.1 Å². The van der Waals surface area contributed by atoms with Crippen LogP contribution in [0.15, 0.2) is 27.6 Å². The molecule has 2 rings (SSSR count). The molecule has 0 aliphatic carbocycles. The first-order valence-corrected chi connectivity index (χ1v) is 8.34. The zero-order valence-electron chi connectivity index (χ0n) is 11.0. The number of hydrogen-bond acceptors (Lipinski definition) is 3. The largest absolute Gasteiger partial charge is 0.379 e. The summed E-state index contributed by atoms with van der Waals surface area (Å²) >= 11 is 4.88. The van der Waals surface area contributed by atoms with E-state index in [1.807, 2.05) is 13.0 Å². The fourth-order valence-corrected chi connectivity index (χ4v) is 3.63. The van der Waals surface area contributed by atoms with Crippen LogP contribution in [0.3, 0.4) is 0 Å². The lowest BCUT2D eigenvalue weighted by Crippen LogP contribution is -2.40. The SMILES string of the molecule is CC(O)N1CCC(CSc2ccc(Br)c(F)c2)CC1. The van der Waals surface area contributed by atoms with Gasteiger partial charge in [-0.3, -0.25) is 4.90 Å². The monoisotopic (exact) mass is 347 g/mol. The Morgan fingerprint density at radius 3 is 2.74 bits per heavy atom. The summed E-state index contributed by atoms with van der Waals surface area (Å²) in [5.74, 6) is 1.48. The van der Waals surface area contributed by atoms with E-state index in [-0.39, 0.29) is 12.0 Å². The van der Waals surface area contributed by atoms with Crippen LogP contribution >= 0.6 is 27.7 Å². The van der Waals surface area contributed by atoms with Crippen LogP contribution in [0.4, 0.5) is 4.39 Å². The molecule has 2 nitrogen and oxygen atoms in total. The molecular formula is C14H19BrFNOS. The molecule has 0 amide bonds. The standard InChI is InChI=1S/C14H19BrFNOS/c1-10(18)17-6-4-11(5-7-17)9-19-12-2-3-13(15)14(16)8-12/h2-3,8,10-11,18H,4-7,9H2,1H3. The molecule has 0 spiro atoms. The van der Waals surface area contributed by atoms with Crippen LogP contribution < -0.4 is 0 Å². The van der Waals surface area contributed by atoms with E-state index in [2.05, 4.69) is 20.8 Å². The molecule has 1 N–H and O–H groups in total. The summed E-state index contributed by atoms with van der Waals surface area (Å²) in [5.41, 5.74) is 0. The lowest BCUT2D eigenvalue weighted by molar-refractivity contribution is -0.00115. The fourth-order valence-electron chi connectivity index (χ4n) is 2.27. The van der Waals surface area contributed by atoms with E-state index < -0.39 is 0 Å². The Bertz CT molecular complexity index is 422. The van der Waals surface area contributed by atoms with Gasteiger partial charge in [0, 0.05) is 23.7 Å². The van der Waals surface area contributed by atoms with Gasteiger partial charge in [-0.1, -0.05) is 0 Å². The summed E-state index contributed by atoms with van der Waals surface area (Å²) in [6, 6.07) is 5.29. The Hall–Kier alpha value is -0.100. The first-order valence-electron chi connectivity index (χ1n) is 6.56. The van der Waals surface area contributed by atoms with Gasteiger partial charge in [0.15, 0.2) is 0 Å². The number of piperidine rings is 1. The van der Waals surface area contributed by atoms with Crippen molar-refractivity contribution in [1.82, 2.24) is 4.90 Å². The highest BCUT2D eigenvalue weighted by Gasteiger charge is 2.21. The van der Waals surface area contributed by atoms with Crippen molar-refractivity contribution in [3.63, 3.8) is 0 Å². The normalized spacial score (nSPS) is 19.6. The topological polar surface area (TPSA) is 23.5 Å². The Labute approximate surface area is 126 Å². The third-order valence-corrected chi connectivity index (χ3v) is 5.42. The number of thioether (sulfide) groups is 1. The number of rotatable bonds is 4. The molecule has 1 saturated heterocycles. The molecule has 0 bridgehead atoms.